The van der Waals surface area contributed by atoms with E-state index in [1.54, 1.807) is 0 Å². The summed E-state index contributed by atoms with van der Waals surface area (Å²) in [7, 11) is 0. The Morgan fingerprint density at radius 3 is 3.05 bits per heavy atom. The molecule has 1 aliphatic carbocycles. The molecule has 0 spiro atoms. The number of hydrogen-bond donors (Lipinski definition) is 1. The van der Waals surface area contributed by atoms with Crippen LogP contribution in [0.15, 0.2) is 18.3 Å². The standard InChI is InChI=1S/C16H25NO2/c1-3-7-14(19-4-2)16(18)13-10-5-8-12-9-6-11-17-15(12)13/h6,9,11,13-14,16,18H,3-5,7-8,10H2,1-2H3. The van der Waals surface area contributed by atoms with Crippen molar-refractivity contribution in [1.29, 1.82) is 0 Å². The van der Waals surface area contributed by atoms with Gasteiger partial charge in [0.25, 0.3) is 0 Å². The fourth-order valence-electron chi connectivity index (χ4n) is 3.09. The molecule has 0 saturated carbocycles. The second kappa shape index (κ2) is 7.01. The summed E-state index contributed by atoms with van der Waals surface area (Å²) in [5, 5.41) is 10.7. The zero-order chi connectivity index (χ0) is 13.7. The normalized spacial score (nSPS) is 21.7. The highest BCUT2D eigenvalue weighted by Gasteiger charge is 2.32. The second-order valence-electron chi connectivity index (χ2n) is 5.32. The monoisotopic (exact) mass is 263 g/mol. The molecule has 1 aromatic heterocycles. The maximum absolute atomic E-state index is 10.7. The molecular formula is C16H25NO2. The second-order valence-corrected chi connectivity index (χ2v) is 5.32. The van der Waals surface area contributed by atoms with Crippen LogP contribution in [0.3, 0.4) is 0 Å². The number of aryl methyl sites for hydroxylation is 1. The minimum atomic E-state index is -0.436. The molecule has 106 valence electrons. The van der Waals surface area contributed by atoms with E-state index in [9.17, 15) is 5.11 Å². The highest BCUT2D eigenvalue weighted by molar-refractivity contribution is 5.27. The van der Waals surface area contributed by atoms with Crippen molar-refractivity contribution in [2.24, 2.45) is 0 Å². The van der Waals surface area contributed by atoms with Gasteiger partial charge in [-0.05, 0) is 44.2 Å². The Morgan fingerprint density at radius 2 is 2.32 bits per heavy atom. The van der Waals surface area contributed by atoms with Crippen LogP contribution in [0, 0.1) is 0 Å². The van der Waals surface area contributed by atoms with Crippen LogP contribution < -0.4 is 0 Å². The smallest absolute Gasteiger partial charge is 0.0885 e. The first-order chi connectivity index (χ1) is 9.27. The zero-order valence-corrected chi connectivity index (χ0v) is 12.0. The van der Waals surface area contributed by atoms with Crippen LogP contribution in [-0.4, -0.2) is 28.9 Å². The Morgan fingerprint density at radius 1 is 1.47 bits per heavy atom. The van der Waals surface area contributed by atoms with Gasteiger partial charge in [0.1, 0.15) is 0 Å². The lowest BCUT2D eigenvalue weighted by Crippen LogP contribution is -2.36. The van der Waals surface area contributed by atoms with Gasteiger partial charge in [-0.3, -0.25) is 4.98 Å². The third kappa shape index (κ3) is 3.34. The van der Waals surface area contributed by atoms with Gasteiger partial charge in [0.2, 0.25) is 0 Å². The number of aliphatic hydroxyl groups is 1. The van der Waals surface area contributed by atoms with Gasteiger partial charge in [-0.1, -0.05) is 19.4 Å². The van der Waals surface area contributed by atoms with Crippen molar-refractivity contribution < 1.29 is 9.84 Å². The Bertz CT molecular complexity index is 388. The van der Waals surface area contributed by atoms with Gasteiger partial charge in [-0.25, -0.2) is 0 Å². The first kappa shape index (κ1) is 14.5. The lowest BCUT2D eigenvalue weighted by molar-refractivity contribution is -0.0509. The van der Waals surface area contributed by atoms with Crippen LogP contribution in [0.2, 0.25) is 0 Å². The van der Waals surface area contributed by atoms with E-state index >= 15 is 0 Å². The minimum absolute atomic E-state index is 0.0621. The first-order valence-electron chi connectivity index (χ1n) is 7.51. The Hall–Kier alpha value is -0.930. The summed E-state index contributed by atoms with van der Waals surface area (Å²) in [5.74, 6) is 0.132. The third-order valence-corrected chi connectivity index (χ3v) is 3.99. The summed E-state index contributed by atoms with van der Waals surface area (Å²) in [6, 6.07) is 4.12. The number of rotatable bonds is 6. The fraction of sp³-hybridized carbons (Fsp3) is 0.688. The Balaban J connectivity index is 2.16. The van der Waals surface area contributed by atoms with Crippen molar-refractivity contribution in [3.05, 3.63) is 29.6 Å². The molecule has 0 amide bonds. The van der Waals surface area contributed by atoms with Gasteiger partial charge in [-0.15, -0.1) is 0 Å². The average Bonchev–Trinajstić information content (AvgIpc) is 2.46. The van der Waals surface area contributed by atoms with Crippen LogP contribution in [-0.2, 0) is 11.2 Å². The number of nitrogens with zero attached hydrogens (tertiary/aromatic N) is 1. The molecule has 1 N–H and O–H groups in total. The lowest BCUT2D eigenvalue weighted by Gasteiger charge is -2.32. The molecule has 3 atom stereocenters. The summed E-state index contributed by atoms with van der Waals surface area (Å²) >= 11 is 0. The molecule has 0 saturated heterocycles. The maximum atomic E-state index is 10.7. The molecule has 1 aliphatic rings. The number of hydrogen-bond acceptors (Lipinski definition) is 3. The van der Waals surface area contributed by atoms with Gasteiger partial charge < -0.3 is 9.84 Å². The van der Waals surface area contributed by atoms with E-state index in [0.29, 0.717) is 6.61 Å². The van der Waals surface area contributed by atoms with Crippen LogP contribution in [0.25, 0.3) is 0 Å². The molecule has 3 heteroatoms. The molecular weight excluding hydrogens is 238 g/mol. The summed E-state index contributed by atoms with van der Waals surface area (Å²) in [4.78, 5) is 4.51. The van der Waals surface area contributed by atoms with E-state index in [0.717, 1.165) is 37.8 Å². The summed E-state index contributed by atoms with van der Waals surface area (Å²) in [5.41, 5.74) is 2.38. The maximum Gasteiger partial charge on any atom is 0.0885 e. The molecule has 0 fully saturated rings. The lowest BCUT2D eigenvalue weighted by atomic mass is 9.81. The Kier molecular flexibility index (Phi) is 5.34. The number of aromatic nitrogens is 1. The van der Waals surface area contributed by atoms with Crippen LogP contribution in [0.1, 0.15) is 56.7 Å². The first-order valence-corrected chi connectivity index (χ1v) is 7.51. The van der Waals surface area contributed by atoms with E-state index < -0.39 is 6.10 Å². The minimum Gasteiger partial charge on any atom is -0.390 e. The largest absolute Gasteiger partial charge is 0.390 e. The number of aliphatic hydroxyl groups excluding tert-OH is 1. The number of pyridine rings is 1. The molecule has 2 rings (SSSR count). The highest BCUT2D eigenvalue weighted by Crippen LogP contribution is 2.34. The van der Waals surface area contributed by atoms with E-state index in [1.165, 1.54) is 5.56 Å². The van der Waals surface area contributed by atoms with Gasteiger partial charge >= 0.3 is 0 Å². The van der Waals surface area contributed by atoms with Crippen molar-refractivity contribution in [2.45, 2.75) is 64.1 Å². The van der Waals surface area contributed by atoms with Crippen molar-refractivity contribution in [3.8, 4) is 0 Å². The summed E-state index contributed by atoms with van der Waals surface area (Å²) < 4.78 is 5.73. The molecule has 3 unspecified atom stereocenters. The van der Waals surface area contributed by atoms with Crippen LogP contribution >= 0.6 is 0 Å². The quantitative estimate of drug-likeness (QED) is 0.857. The molecule has 0 bridgehead atoms. The zero-order valence-electron chi connectivity index (χ0n) is 12.0. The van der Waals surface area contributed by atoms with Crippen LogP contribution in [0.4, 0.5) is 0 Å². The SMILES string of the molecule is CCCC(OCC)C(O)C1CCCc2cccnc21. The summed E-state index contributed by atoms with van der Waals surface area (Å²) in [6.45, 7) is 4.78. The molecule has 3 nitrogen and oxygen atoms in total. The average molecular weight is 263 g/mol. The van der Waals surface area contributed by atoms with Crippen LogP contribution in [0.5, 0.6) is 0 Å². The number of fused-ring (bicyclic) bond motifs is 1. The summed E-state index contributed by atoms with van der Waals surface area (Å²) in [6.07, 6.45) is 6.50. The molecule has 1 heterocycles. The van der Waals surface area contributed by atoms with Crippen molar-refractivity contribution in [2.75, 3.05) is 6.61 Å². The predicted molar refractivity (Wildman–Crippen MR) is 76.2 cm³/mol. The van der Waals surface area contributed by atoms with Gasteiger partial charge in [-0.2, -0.15) is 0 Å². The van der Waals surface area contributed by atoms with E-state index in [2.05, 4.69) is 18.0 Å². The molecule has 0 radical (unpaired) electrons. The molecule has 19 heavy (non-hydrogen) atoms. The predicted octanol–water partition coefficient (Wildman–Crippen LogP) is 3.07. The molecule has 0 aromatic carbocycles. The Labute approximate surface area is 116 Å². The van der Waals surface area contributed by atoms with E-state index in [-0.39, 0.29) is 12.0 Å². The molecule has 0 aliphatic heterocycles. The van der Waals surface area contributed by atoms with Gasteiger partial charge in [0.15, 0.2) is 0 Å². The molecule has 1 aromatic rings. The van der Waals surface area contributed by atoms with Crippen molar-refractivity contribution in [1.82, 2.24) is 4.98 Å². The topological polar surface area (TPSA) is 42.4 Å². The van der Waals surface area contributed by atoms with E-state index in [1.807, 2.05) is 19.2 Å². The highest BCUT2D eigenvalue weighted by atomic mass is 16.5. The van der Waals surface area contributed by atoms with Crippen molar-refractivity contribution >= 4 is 0 Å². The third-order valence-electron chi connectivity index (χ3n) is 3.99. The fourth-order valence-corrected chi connectivity index (χ4v) is 3.09. The number of ether oxygens (including phenoxy) is 1. The van der Waals surface area contributed by atoms with Gasteiger partial charge in [0, 0.05) is 24.4 Å². The van der Waals surface area contributed by atoms with E-state index in [4.69, 9.17) is 4.74 Å². The van der Waals surface area contributed by atoms with Gasteiger partial charge in [0.05, 0.1) is 12.2 Å². The van der Waals surface area contributed by atoms with Crippen molar-refractivity contribution in [3.63, 3.8) is 0 Å².